The monoisotopic (exact) mass is 597 g/mol. The normalized spacial score (nSPS) is 11.5. The fraction of sp³-hybridized carbons (Fsp3) is 0.207. The van der Waals surface area contributed by atoms with Crippen LogP contribution in [-0.4, -0.2) is 46.1 Å². The number of halogens is 3. The molecule has 0 saturated carbocycles. The van der Waals surface area contributed by atoms with Crippen molar-refractivity contribution in [2.24, 2.45) is 0 Å². The summed E-state index contributed by atoms with van der Waals surface area (Å²) < 4.78 is 39.2. The molecule has 0 aliphatic carbocycles. The van der Waals surface area contributed by atoms with E-state index in [-0.39, 0.29) is 18.2 Å². The summed E-state index contributed by atoms with van der Waals surface area (Å²) in [7, 11) is 0. The molecule has 9 nitrogen and oxygen atoms in total. The standard InChI is InChI=1S/C29H26F3N5O4S/c1-28(2,16-35-27(40)41)21-8-4-7-20(12-21)25(39)34-14-24(38)37-26-36-22(15-42-26)19-6-3-5-17(11-19)18-9-10-33-23(13-18)29(30,31)32/h3-13,15,35H,14,16H2,1-2H3,(H,34,39)(H,40,41)(H,36,37,38). The zero-order valence-corrected chi connectivity index (χ0v) is 23.3. The van der Waals surface area contributed by atoms with Crippen molar-refractivity contribution in [1.82, 2.24) is 20.6 Å². The first-order valence-electron chi connectivity index (χ1n) is 12.6. The number of hydrogen-bond acceptors (Lipinski definition) is 6. The molecule has 0 radical (unpaired) electrons. The van der Waals surface area contributed by atoms with E-state index >= 15 is 0 Å². The van der Waals surface area contributed by atoms with Crippen molar-refractivity contribution in [3.8, 4) is 22.4 Å². The van der Waals surface area contributed by atoms with Crippen LogP contribution in [0.1, 0.15) is 35.5 Å². The highest BCUT2D eigenvalue weighted by atomic mass is 32.1. The summed E-state index contributed by atoms with van der Waals surface area (Å²) in [6.45, 7) is 3.52. The number of carbonyl (C=O) groups is 3. The van der Waals surface area contributed by atoms with Crippen molar-refractivity contribution in [2.45, 2.75) is 25.4 Å². The van der Waals surface area contributed by atoms with Gasteiger partial charge in [0.1, 0.15) is 5.69 Å². The van der Waals surface area contributed by atoms with E-state index in [1.54, 1.807) is 53.9 Å². The minimum atomic E-state index is -4.56. The van der Waals surface area contributed by atoms with Gasteiger partial charge in [-0.05, 0) is 47.0 Å². The lowest BCUT2D eigenvalue weighted by atomic mass is 9.84. The Balaban J connectivity index is 1.37. The Kier molecular flexibility index (Phi) is 8.90. The lowest BCUT2D eigenvalue weighted by Gasteiger charge is -2.25. The predicted molar refractivity (Wildman–Crippen MR) is 152 cm³/mol. The van der Waals surface area contributed by atoms with Gasteiger partial charge in [0.05, 0.1) is 12.2 Å². The molecule has 3 amide bonds. The van der Waals surface area contributed by atoms with E-state index in [1.807, 2.05) is 13.8 Å². The van der Waals surface area contributed by atoms with Crippen LogP contribution in [-0.2, 0) is 16.4 Å². The minimum Gasteiger partial charge on any atom is -0.465 e. The summed E-state index contributed by atoms with van der Waals surface area (Å²) in [6.07, 6.45) is -4.59. The van der Waals surface area contributed by atoms with Gasteiger partial charge in [-0.15, -0.1) is 11.3 Å². The van der Waals surface area contributed by atoms with E-state index in [9.17, 15) is 27.6 Å². The lowest BCUT2D eigenvalue weighted by Crippen LogP contribution is -2.36. The first kappa shape index (κ1) is 30.2. The summed E-state index contributed by atoms with van der Waals surface area (Å²) in [5.74, 6) is -0.980. The van der Waals surface area contributed by atoms with Crippen LogP contribution < -0.4 is 16.0 Å². The van der Waals surface area contributed by atoms with Crippen LogP contribution >= 0.6 is 11.3 Å². The Hall–Kier alpha value is -4.78. The van der Waals surface area contributed by atoms with Crippen LogP contribution in [0, 0.1) is 0 Å². The van der Waals surface area contributed by atoms with Gasteiger partial charge < -0.3 is 21.1 Å². The van der Waals surface area contributed by atoms with E-state index in [0.717, 1.165) is 29.2 Å². The summed E-state index contributed by atoms with van der Waals surface area (Å²) in [6, 6.07) is 16.0. The van der Waals surface area contributed by atoms with Gasteiger partial charge in [-0.25, -0.2) is 9.78 Å². The largest absolute Gasteiger partial charge is 0.465 e. The molecule has 0 aliphatic rings. The first-order chi connectivity index (χ1) is 19.8. The molecule has 218 valence electrons. The maximum absolute atomic E-state index is 13.1. The minimum absolute atomic E-state index is 0.151. The van der Waals surface area contributed by atoms with E-state index in [2.05, 4.69) is 25.9 Å². The number of amides is 3. The van der Waals surface area contributed by atoms with Crippen molar-refractivity contribution in [3.05, 3.63) is 89.1 Å². The number of hydrogen-bond donors (Lipinski definition) is 4. The van der Waals surface area contributed by atoms with Crippen LogP contribution in [0.5, 0.6) is 0 Å². The van der Waals surface area contributed by atoms with Crippen LogP contribution in [0.25, 0.3) is 22.4 Å². The molecule has 0 saturated heterocycles. The maximum atomic E-state index is 13.1. The van der Waals surface area contributed by atoms with Gasteiger partial charge in [0, 0.05) is 34.7 Å². The van der Waals surface area contributed by atoms with Gasteiger partial charge >= 0.3 is 12.3 Å². The zero-order valence-electron chi connectivity index (χ0n) is 22.5. The second-order valence-corrected chi connectivity index (χ2v) is 10.8. The number of carbonyl (C=O) groups excluding carboxylic acids is 2. The molecule has 2 heterocycles. The molecule has 0 unspecified atom stereocenters. The van der Waals surface area contributed by atoms with Gasteiger partial charge in [-0.2, -0.15) is 13.2 Å². The third-order valence-electron chi connectivity index (χ3n) is 6.29. The van der Waals surface area contributed by atoms with Gasteiger partial charge in [-0.1, -0.05) is 44.2 Å². The fourth-order valence-electron chi connectivity index (χ4n) is 3.99. The Morgan fingerprint density at radius 3 is 2.38 bits per heavy atom. The topological polar surface area (TPSA) is 133 Å². The lowest BCUT2D eigenvalue weighted by molar-refractivity contribution is -0.141. The van der Waals surface area contributed by atoms with Crippen LogP contribution in [0.4, 0.5) is 23.1 Å². The second kappa shape index (κ2) is 12.4. The van der Waals surface area contributed by atoms with Crippen molar-refractivity contribution >= 4 is 34.4 Å². The average molecular weight is 598 g/mol. The van der Waals surface area contributed by atoms with Crippen molar-refractivity contribution in [1.29, 1.82) is 0 Å². The number of anilines is 1. The molecule has 0 spiro atoms. The molecular formula is C29H26F3N5O4S. The molecule has 0 aliphatic heterocycles. The molecular weight excluding hydrogens is 571 g/mol. The van der Waals surface area contributed by atoms with Gasteiger partial charge in [-0.3, -0.25) is 14.6 Å². The Labute approximate surface area is 242 Å². The molecule has 0 fully saturated rings. The number of benzene rings is 2. The van der Waals surface area contributed by atoms with Gasteiger partial charge in [0.15, 0.2) is 5.13 Å². The Morgan fingerprint density at radius 1 is 0.929 bits per heavy atom. The van der Waals surface area contributed by atoms with Gasteiger partial charge in [0.25, 0.3) is 5.91 Å². The molecule has 13 heteroatoms. The number of nitrogens with one attached hydrogen (secondary N) is 3. The molecule has 4 rings (SSSR count). The number of alkyl halides is 3. The highest BCUT2D eigenvalue weighted by molar-refractivity contribution is 7.14. The molecule has 2 aromatic carbocycles. The summed E-state index contributed by atoms with van der Waals surface area (Å²) in [5.41, 5.74) is 1.57. The van der Waals surface area contributed by atoms with Crippen LogP contribution in [0.3, 0.4) is 0 Å². The fourth-order valence-corrected chi connectivity index (χ4v) is 4.73. The summed E-state index contributed by atoms with van der Waals surface area (Å²) in [5, 5.41) is 18.4. The van der Waals surface area contributed by atoms with Crippen molar-refractivity contribution in [2.75, 3.05) is 18.4 Å². The number of aromatic nitrogens is 2. The second-order valence-electron chi connectivity index (χ2n) is 9.90. The number of rotatable bonds is 9. The van der Waals surface area contributed by atoms with Crippen LogP contribution in [0.15, 0.2) is 72.2 Å². The third kappa shape index (κ3) is 7.69. The molecule has 0 bridgehead atoms. The maximum Gasteiger partial charge on any atom is 0.433 e. The van der Waals surface area contributed by atoms with Crippen LogP contribution in [0.2, 0.25) is 0 Å². The molecule has 42 heavy (non-hydrogen) atoms. The van der Waals surface area contributed by atoms with E-state index in [0.29, 0.717) is 27.9 Å². The number of thiazole rings is 1. The SMILES string of the molecule is CC(C)(CNC(=O)O)c1cccc(C(=O)NCC(=O)Nc2nc(-c3cccc(-c4ccnc(C(F)(F)F)c4)c3)cs2)c1. The molecule has 2 aromatic heterocycles. The van der Waals surface area contributed by atoms with Crippen molar-refractivity contribution < 1.29 is 32.7 Å². The molecule has 4 N–H and O–H groups in total. The average Bonchev–Trinajstić information content (AvgIpc) is 3.43. The molecule has 4 aromatic rings. The highest BCUT2D eigenvalue weighted by Gasteiger charge is 2.32. The summed E-state index contributed by atoms with van der Waals surface area (Å²) in [4.78, 5) is 43.8. The first-order valence-corrected chi connectivity index (χ1v) is 13.4. The van der Waals surface area contributed by atoms with E-state index < -0.39 is 35.2 Å². The zero-order chi connectivity index (χ0) is 30.5. The quantitative estimate of drug-likeness (QED) is 0.193. The third-order valence-corrected chi connectivity index (χ3v) is 7.05. The van der Waals surface area contributed by atoms with Crippen molar-refractivity contribution in [3.63, 3.8) is 0 Å². The smallest absolute Gasteiger partial charge is 0.433 e. The van der Waals surface area contributed by atoms with E-state index in [4.69, 9.17) is 5.11 Å². The predicted octanol–water partition coefficient (Wildman–Crippen LogP) is 5.80. The summed E-state index contributed by atoms with van der Waals surface area (Å²) >= 11 is 1.16. The Morgan fingerprint density at radius 2 is 1.64 bits per heavy atom. The number of carboxylic acid groups (broad SMARTS) is 1. The van der Waals surface area contributed by atoms with E-state index in [1.165, 1.54) is 6.07 Å². The highest BCUT2D eigenvalue weighted by Crippen LogP contribution is 2.32. The Bertz CT molecular complexity index is 1620. The van der Waals surface area contributed by atoms with Gasteiger partial charge in [0.2, 0.25) is 5.91 Å². The number of nitrogens with zero attached hydrogens (tertiary/aromatic N) is 2. The molecule has 0 atom stereocenters. The number of pyridine rings is 1.